The molecule has 1 aromatic rings. The SMILES string of the molecule is COc1cccc(NC(=O)CCC2CCN(C(=O)CC3=CCCCC3)CC2)c1. The summed E-state index contributed by atoms with van der Waals surface area (Å²) in [6, 6.07) is 7.41. The van der Waals surface area contributed by atoms with Crippen molar-refractivity contribution in [2.75, 3.05) is 25.5 Å². The average molecular weight is 385 g/mol. The summed E-state index contributed by atoms with van der Waals surface area (Å²) in [5.74, 6) is 1.58. The highest BCUT2D eigenvalue weighted by Crippen LogP contribution is 2.25. The number of rotatable bonds is 7. The zero-order valence-electron chi connectivity index (χ0n) is 16.9. The maximum absolute atomic E-state index is 12.5. The fraction of sp³-hybridized carbons (Fsp3) is 0.565. The normalized spacial score (nSPS) is 17.8. The number of allylic oxidation sites excluding steroid dienone is 1. The number of hydrogen-bond acceptors (Lipinski definition) is 3. The second-order valence-corrected chi connectivity index (χ2v) is 7.93. The molecule has 0 saturated carbocycles. The summed E-state index contributed by atoms with van der Waals surface area (Å²) < 4.78 is 5.18. The highest BCUT2D eigenvalue weighted by Gasteiger charge is 2.24. The summed E-state index contributed by atoms with van der Waals surface area (Å²) in [4.78, 5) is 26.7. The summed E-state index contributed by atoms with van der Waals surface area (Å²) in [6.45, 7) is 1.66. The van der Waals surface area contributed by atoms with E-state index >= 15 is 0 Å². The molecular formula is C23H32N2O3. The first-order valence-electron chi connectivity index (χ1n) is 10.5. The van der Waals surface area contributed by atoms with Crippen LogP contribution < -0.4 is 10.1 Å². The largest absolute Gasteiger partial charge is 0.497 e. The Hall–Kier alpha value is -2.30. The van der Waals surface area contributed by atoms with Crippen molar-refractivity contribution in [1.82, 2.24) is 4.90 Å². The van der Waals surface area contributed by atoms with E-state index in [1.165, 1.54) is 18.4 Å². The van der Waals surface area contributed by atoms with E-state index in [9.17, 15) is 9.59 Å². The van der Waals surface area contributed by atoms with Crippen LogP contribution >= 0.6 is 0 Å². The van der Waals surface area contributed by atoms with Gasteiger partial charge in [0.25, 0.3) is 0 Å². The number of amides is 2. The Balaban J connectivity index is 1.36. The lowest BCUT2D eigenvalue weighted by Gasteiger charge is -2.32. The maximum Gasteiger partial charge on any atom is 0.226 e. The number of piperidine rings is 1. The molecule has 1 N–H and O–H groups in total. The highest BCUT2D eigenvalue weighted by molar-refractivity contribution is 5.90. The molecule has 1 aliphatic carbocycles. The Morgan fingerprint density at radius 1 is 1.21 bits per heavy atom. The van der Waals surface area contributed by atoms with Crippen LogP contribution in [0.3, 0.4) is 0 Å². The van der Waals surface area contributed by atoms with E-state index in [0.717, 1.165) is 56.6 Å². The molecule has 1 saturated heterocycles. The van der Waals surface area contributed by atoms with E-state index < -0.39 is 0 Å². The van der Waals surface area contributed by atoms with Gasteiger partial charge >= 0.3 is 0 Å². The molecule has 2 aliphatic rings. The summed E-state index contributed by atoms with van der Waals surface area (Å²) in [7, 11) is 1.62. The van der Waals surface area contributed by atoms with Crippen LogP contribution in [0, 0.1) is 5.92 Å². The molecule has 0 bridgehead atoms. The fourth-order valence-electron chi connectivity index (χ4n) is 4.10. The maximum atomic E-state index is 12.5. The molecule has 152 valence electrons. The number of benzene rings is 1. The molecule has 2 amide bonds. The first kappa shape index (κ1) is 20.4. The van der Waals surface area contributed by atoms with Crippen molar-refractivity contribution in [1.29, 1.82) is 0 Å². The van der Waals surface area contributed by atoms with Gasteiger partial charge in [0, 0.05) is 37.7 Å². The molecule has 28 heavy (non-hydrogen) atoms. The van der Waals surface area contributed by atoms with Crippen LogP contribution in [0.15, 0.2) is 35.9 Å². The Morgan fingerprint density at radius 2 is 2.04 bits per heavy atom. The van der Waals surface area contributed by atoms with Crippen LogP contribution in [-0.4, -0.2) is 36.9 Å². The quantitative estimate of drug-likeness (QED) is 0.702. The minimum Gasteiger partial charge on any atom is -0.497 e. The van der Waals surface area contributed by atoms with Crippen LogP contribution in [0.2, 0.25) is 0 Å². The van der Waals surface area contributed by atoms with Crippen LogP contribution in [0.1, 0.15) is 57.8 Å². The standard InChI is InChI=1S/C23H32N2O3/c1-28-21-9-5-8-20(17-21)24-22(26)11-10-18-12-14-25(15-13-18)23(27)16-19-6-3-2-4-7-19/h5-6,8-9,17-18H,2-4,7,10-16H2,1H3,(H,24,26). The summed E-state index contributed by atoms with van der Waals surface area (Å²) >= 11 is 0. The Bertz CT molecular complexity index is 706. The molecule has 1 heterocycles. The van der Waals surface area contributed by atoms with Gasteiger partial charge in [0.1, 0.15) is 5.75 Å². The molecule has 0 aromatic heterocycles. The van der Waals surface area contributed by atoms with E-state index in [0.29, 0.717) is 18.8 Å². The fourth-order valence-corrected chi connectivity index (χ4v) is 4.10. The van der Waals surface area contributed by atoms with Gasteiger partial charge in [-0.2, -0.15) is 0 Å². The number of carbonyl (C=O) groups is 2. The topological polar surface area (TPSA) is 58.6 Å². The Kier molecular flexibility index (Phi) is 7.52. The number of hydrogen-bond donors (Lipinski definition) is 1. The smallest absolute Gasteiger partial charge is 0.226 e. The first-order chi connectivity index (χ1) is 13.6. The summed E-state index contributed by atoms with van der Waals surface area (Å²) in [5, 5.41) is 2.94. The molecule has 0 atom stereocenters. The lowest BCUT2D eigenvalue weighted by Crippen LogP contribution is -2.38. The van der Waals surface area contributed by atoms with Crippen LogP contribution in [0.4, 0.5) is 5.69 Å². The van der Waals surface area contributed by atoms with Crippen molar-refractivity contribution >= 4 is 17.5 Å². The van der Waals surface area contributed by atoms with E-state index in [2.05, 4.69) is 11.4 Å². The Labute approximate surface area is 168 Å². The molecule has 0 unspecified atom stereocenters. The Morgan fingerprint density at radius 3 is 2.75 bits per heavy atom. The third kappa shape index (κ3) is 6.11. The van der Waals surface area contributed by atoms with Crippen molar-refractivity contribution in [2.24, 2.45) is 5.92 Å². The monoisotopic (exact) mass is 384 g/mol. The zero-order valence-corrected chi connectivity index (χ0v) is 16.9. The summed E-state index contributed by atoms with van der Waals surface area (Å²) in [5.41, 5.74) is 2.09. The van der Waals surface area contributed by atoms with E-state index in [4.69, 9.17) is 4.74 Å². The molecule has 3 rings (SSSR count). The van der Waals surface area contributed by atoms with Gasteiger partial charge in [-0.15, -0.1) is 0 Å². The third-order valence-electron chi connectivity index (χ3n) is 5.86. The number of ether oxygens (including phenoxy) is 1. The predicted octanol–water partition coefficient (Wildman–Crippen LogP) is 4.54. The number of nitrogens with one attached hydrogen (secondary N) is 1. The van der Waals surface area contributed by atoms with Gasteiger partial charge in [-0.05, 0) is 63.0 Å². The molecular weight excluding hydrogens is 352 g/mol. The second-order valence-electron chi connectivity index (χ2n) is 7.93. The number of anilines is 1. The average Bonchev–Trinajstić information content (AvgIpc) is 2.73. The predicted molar refractivity (Wildman–Crippen MR) is 111 cm³/mol. The van der Waals surface area contributed by atoms with Gasteiger partial charge in [-0.3, -0.25) is 9.59 Å². The molecule has 0 spiro atoms. The van der Waals surface area contributed by atoms with Gasteiger partial charge in [-0.25, -0.2) is 0 Å². The number of carbonyl (C=O) groups excluding carboxylic acids is 2. The van der Waals surface area contributed by atoms with Gasteiger partial charge in [0.15, 0.2) is 0 Å². The number of methoxy groups -OCH3 is 1. The van der Waals surface area contributed by atoms with Crippen molar-refractivity contribution in [3.05, 3.63) is 35.9 Å². The highest BCUT2D eigenvalue weighted by atomic mass is 16.5. The van der Waals surface area contributed by atoms with Gasteiger partial charge in [-0.1, -0.05) is 17.7 Å². The van der Waals surface area contributed by atoms with Gasteiger partial charge < -0.3 is 15.0 Å². The van der Waals surface area contributed by atoms with Crippen molar-refractivity contribution in [2.45, 2.75) is 57.8 Å². The molecule has 5 heteroatoms. The van der Waals surface area contributed by atoms with Crippen LogP contribution in [0.5, 0.6) is 5.75 Å². The molecule has 5 nitrogen and oxygen atoms in total. The van der Waals surface area contributed by atoms with E-state index in [1.54, 1.807) is 7.11 Å². The lowest BCUT2D eigenvalue weighted by molar-refractivity contribution is -0.132. The van der Waals surface area contributed by atoms with Crippen molar-refractivity contribution < 1.29 is 14.3 Å². The van der Waals surface area contributed by atoms with Crippen LogP contribution in [-0.2, 0) is 9.59 Å². The zero-order chi connectivity index (χ0) is 19.8. The number of nitrogens with zero attached hydrogens (tertiary/aromatic N) is 1. The third-order valence-corrected chi connectivity index (χ3v) is 5.86. The minimum absolute atomic E-state index is 0.0380. The van der Waals surface area contributed by atoms with Gasteiger partial charge in [0.2, 0.25) is 11.8 Å². The minimum atomic E-state index is 0.0380. The van der Waals surface area contributed by atoms with Crippen LogP contribution in [0.25, 0.3) is 0 Å². The van der Waals surface area contributed by atoms with E-state index in [-0.39, 0.29) is 11.8 Å². The molecule has 0 radical (unpaired) electrons. The molecule has 1 aliphatic heterocycles. The molecule has 1 fully saturated rings. The van der Waals surface area contributed by atoms with E-state index in [1.807, 2.05) is 29.2 Å². The van der Waals surface area contributed by atoms with Crippen molar-refractivity contribution in [3.8, 4) is 5.75 Å². The second kappa shape index (κ2) is 10.3. The first-order valence-corrected chi connectivity index (χ1v) is 10.5. The van der Waals surface area contributed by atoms with Gasteiger partial charge in [0.05, 0.1) is 7.11 Å². The van der Waals surface area contributed by atoms with Crippen molar-refractivity contribution in [3.63, 3.8) is 0 Å². The summed E-state index contributed by atoms with van der Waals surface area (Å²) in [6.07, 6.45) is 10.9. The number of likely N-dealkylation sites (tertiary alicyclic amines) is 1. The lowest BCUT2D eigenvalue weighted by atomic mass is 9.91. The molecule has 1 aromatic carbocycles.